The summed E-state index contributed by atoms with van der Waals surface area (Å²) >= 11 is 0. The summed E-state index contributed by atoms with van der Waals surface area (Å²) in [6, 6.07) is 11.4. The number of nitrogens with zero attached hydrogens (tertiary/aromatic N) is 2. The first-order valence-electron chi connectivity index (χ1n) is 8.73. The lowest BCUT2D eigenvalue weighted by Crippen LogP contribution is -1.97. The smallest absolute Gasteiger partial charge is 0.222 e. The summed E-state index contributed by atoms with van der Waals surface area (Å²) in [7, 11) is 1.61. The first-order valence-corrected chi connectivity index (χ1v) is 8.73. The van der Waals surface area contributed by atoms with Crippen molar-refractivity contribution in [2.24, 2.45) is 0 Å². The lowest BCUT2D eigenvalue weighted by molar-refractivity contribution is 0.112. The summed E-state index contributed by atoms with van der Waals surface area (Å²) in [6.07, 6.45) is 13.8. The summed E-state index contributed by atoms with van der Waals surface area (Å²) in [4.78, 5) is 20.2. The van der Waals surface area contributed by atoms with Gasteiger partial charge in [0.1, 0.15) is 6.29 Å². The van der Waals surface area contributed by atoms with E-state index >= 15 is 0 Å². The molecule has 1 aliphatic carbocycles. The Bertz CT molecular complexity index is 1090. The quantitative estimate of drug-likeness (QED) is 0.618. The zero-order valence-electron chi connectivity index (χ0n) is 14.9. The largest absolute Gasteiger partial charge is 0.481 e. The maximum absolute atomic E-state index is 11.0. The van der Waals surface area contributed by atoms with E-state index in [0.717, 1.165) is 46.0 Å². The van der Waals surface area contributed by atoms with Crippen molar-refractivity contribution < 1.29 is 9.53 Å². The van der Waals surface area contributed by atoms with Gasteiger partial charge in [-0.25, -0.2) is 9.97 Å². The molecule has 0 radical (unpaired) electrons. The van der Waals surface area contributed by atoms with E-state index in [1.165, 1.54) is 0 Å². The molecular formula is C23H18N2O2. The van der Waals surface area contributed by atoms with E-state index in [9.17, 15) is 4.79 Å². The number of aldehydes is 1. The van der Waals surface area contributed by atoms with E-state index in [4.69, 9.17) is 9.72 Å². The van der Waals surface area contributed by atoms with E-state index in [1.807, 2.05) is 42.5 Å². The molecule has 0 saturated heterocycles. The lowest BCUT2D eigenvalue weighted by atomic mass is 9.96. The fourth-order valence-electron chi connectivity index (χ4n) is 3.17. The SMILES string of the molecule is COc1nccc2nc(-c3ccc(C=O)cc3)c(C3=CCC=CC=C3)cc12. The Morgan fingerprint density at radius 1 is 1.11 bits per heavy atom. The topological polar surface area (TPSA) is 52.1 Å². The van der Waals surface area contributed by atoms with Crippen LogP contribution in [0.5, 0.6) is 5.88 Å². The molecule has 0 aliphatic heterocycles. The molecule has 1 aliphatic rings. The van der Waals surface area contributed by atoms with Crippen molar-refractivity contribution in [1.29, 1.82) is 0 Å². The molecule has 4 nitrogen and oxygen atoms in total. The number of fused-ring (bicyclic) bond motifs is 1. The van der Waals surface area contributed by atoms with Gasteiger partial charge >= 0.3 is 0 Å². The highest BCUT2D eigenvalue weighted by Gasteiger charge is 2.15. The van der Waals surface area contributed by atoms with E-state index in [-0.39, 0.29) is 0 Å². The number of carbonyl (C=O) groups excluding carboxylic acids is 1. The highest BCUT2D eigenvalue weighted by atomic mass is 16.5. The Morgan fingerprint density at radius 2 is 1.96 bits per heavy atom. The number of pyridine rings is 2. The van der Waals surface area contributed by atoms with Crippen LogP contribution in [0.2, 0.25) is 0 Å². The molecule has 0 saturated carbocycles. The zero-order chi connectivity index (χ0) is 18.6. The maximum Gasteiger partial charge on any atom is 0.222 e. The average Bonchev–Trinajstić information content (AvgIpc) is 3.02. The van der Waals surface area contributed by atoms with Crippen LogP contribution in [-0.4, -0.2) is 23.4 Å². The van der Waals surface area contributed by atoms with Gasteiger partial charge in [0.25, 0.3) is 0 Å². The molecule has 0 fully saturated rings. The third kappa shape index (κ3) is 3.29. The van der Waals surface area contributed by atoms with Crippen molar-refractivity contribution in [3.63, 3.8) is 0 Å². The van der Waals surface area contributed by atoms with Gasteiger partial charge in [-0.05, 0) is 24.1 Å². The number of ether oxygens (including phenoxy) is 1. The normalized spacial score (nSPS) is 13.3. The van der Waals surface area contributed by atoms with Gasteiger partial charge in [0.2, 0.25) is 5.88 Å². The average molecular weight is 354 g/mol. The Hall–Kier alpha value is -3.53. The van der Waals surface area contributed by atoms with Crippen molar-refractivity contribution in [1.82, 2.24) is 9.97 Å². The van der Waals surface area contributed by atoms with Crippen LogP contribution in [0.3, 0.4) is 0 Å². The van der Waals surface area contributed by atoms with Gasteiger partial charge in [-0.3, -0.25) is 4.79 Å². The molecule has 3 aromatic rings. The molecule has 132 valence electrons. The number of rotatable bonds is 4. The van der Waals surface area contributed by atoms with E-state index < -0.39 is 0 Å². The third-order valence-corrected chi connectivity index (χ3v) is 4.53. The van der Waals surface area contributed by atoms with Gasteiger partial charge in [0, 0.05) is 22.9 Å². The Morgan fingerprint density at radius 3 is 2.74 bits per heavy atom. The summed E-state index contributed by atoms with van der Waals surface area (Å²) in [5, 5.41) is 0.870. The number of hydrogen-bond donors (Lipinski definition) is 0. The molecule has 2 aromatic heterocycles. The van der Waals surface area contributed by atoms with E-state index in [1.54, 1.807) is 13.3 Å². The molecule has 0 spiro atoms. The summed E-state index contributed by atoms with van der Waals surface area (Å²) < 4.78 is 5.43. The number of methoxy groups -OCH3 is 1. The maximum atomic E-state index is 11.0. The number of benzene rings is 1. The van der Waals surface area contributed by atoms with Crippen molar-refractivity contribution in [2.45, 2.75) is 6.42 Å². The first-order chi connectivity index (χ1) is 13.3. The minimum absolute atomic E-state index is 0.556. The molecular weight excluding hydrogens is 336 g/mol. The van der Waals surface area contributed by atoms with Crippen molar-refractivity contribution in [3.05, 3.63) is 84.1 Å². The molecule has 0 N–H and O–H groups in total. The van der Waals surface area contributed by atoms with Crippen LogP contribution in [0, 0.1) is 0 Å². The van der Waals surface area contributed by atoms with Gasteiger partial charge < -0.3 is 4.74 Å². The summed E-state index contributed by atoms with van der Waals surface area (Å²) in [5.74, 6) is 0.556. The molecule has 2 heterocycles. The van der Waals surface area contributed by atoms with Crippen LogP contribution < -0.4 is 4.74 Å². The van der Waals surface area contributed by atoms with Crippen LogP contribution in [0.25, 0.3) is 27.7 Å². The molecule has 0 bridgehead atoms. The van der Waals surface area contributed by atoms with Gasteiger partial charge in [0.05, 0.1) is 23.7 Å². The Labute approximate surface area is 157 Å². The van der Waals surface area contributed by atoms with Crippen molar-refractivity contribution in [3.8, 4) is 17.1 Å². The monoisotopic (exact) mass is 354 g/mol. The Kier molecular flexibility index (Phi) is 4.62. The van der Waals surface area contributed by atoms with Crippen molar-refractivity contribution >= 4 is 22.8 Å². The second-order valence-corrected chi connectivity index (χ2v) is 6.19. The van der Waals surface area contributed by atoms with E-state index in [0.29, 0.717) is 11.4 Å². The fraction of sp³-hybridized carbons (Fsp3) is 0.0870. The van der Waals surface area contributed by atoms with Crippen LogP contribution in [0.15, 0.2) is 73.0 Å². The lowest BCUT2D eigenvalue weighted by Gasteiger charge is -2.13. The number of hydrogen-bond acceptors (Lipinski definition) is 4. The van der Waals surface area contributed by atoms with Gasteiger partial charge in [-0.15, -0.1) is 0 Å². The minimum Gasteiger partial charge on any atom is -0.481 e. The van der Waals surface area contributed by atoms with E-state index in [2.05, 4.69) is 29.3 Å². The molecule has 1 aromatic carbocycles. The second kappa shape index (κ2) is 7.38. The van der Waals surface area contributed by atoms with Crippen LogP contribution in [0.4, 0.5) is 0 Å². The van der Waals surface area contributed by atoms with Gasteiger partial charge in [-0.1, -0.05) is 54.6 Å². The van der Waals surface area contributed by atoms with Crippen LogP contribution >= 0.6 is 0 Å². The molecule has 0 atom stereocenters. The Balaban J connectivity index is 1.98. The predicted octanol–water partition coefficient (Wildman–Crippen LogP) is 5.02. The molecule has 0 amide bonds. The number of allylic oxidation sites excluding steroid dienone is 6. The van der Waals surface area contributed by atoms with Gasteiger partial charge in [0.15, 0.2) is 0 Å². The summed E-state index contributed by atoms with van der Waals surface area (Å²) in [6.45, 7) is 0. The highest BCUT2D eigenvalue weighted by Crippen LogP contribution is 2.34. The third-order valence-electron chi connectivity index (χ3n) is 4.53. The molecule has 0 unspecified atom stereocenters. The first kappa shape index (κ1) is 16.9. The highest BCUT2D eigenvalue weighted by molar-refractivity contribution is 5.94. The zero-order valence-corrected chi connectivity index (χ0v) is 14.9. The van der Waals surface area contributed by atoms with Crippen molar-refractivity contribution in [2.75, 3.05) is 7.11 Å². The number of aromatic nitrogens is 2. The van der Waals surface area contributed by atoms with Crippen LogP contribution in [0.1, 0.15) is 22.3 Å². The van der Waals surface area contributed by atoms with Crippen LogP contribution in [-0.2, 0) is 0 Å². The van der Waals surface area contributed by atoms with Gasteiger partial charge in [-0.2, -0.15) is 0 Å². The minimum atomic E-state index is 0.556. The number of carbonyl (C=O) groups is 1. The molecule has 4 rings (SSSR count). The second-order valence-electron chi connectivity index (χ2n) is 6.19. The predicted molar refractivity (Wildman–Crippen MR) is 108 cm³/mol. The fourth-order valence-corrected chi connectivity index (χ4v) is 3.17. The summed E-state index contributed by atoms with van der Waals surface area (Å²) in [5.41, 5.74) is 5.38. The standard InChI is InChI=1S/C23H18N2O2/c1-27-23-20-14-19(17-6-4-2-3-5-7-17)22(25-21(20)12-13-24-23)18-10-8-16(15-26)9-11-18/h2-4,6-15H,5H2,1H3. The molecule has 27 heavy (non-hydrogen) atoms. The molecule has 4 heteroatoms.